The van der Waals surface area contributed by atoms with Crippen LogP contribution < -0.4 is 5.32 Å². The molecule has 0 aromatic carbocycles. The lowest BCUT2D eigenvalue weighted by Crippen LogP contribution is -2.23. The second-order valence-electron chi connectivity index (χ2n) is 7.46. The molecule has 31 heavy (non-hydrogen) atoms. The van der Waals surface area contributed by atoms with E-state index in [0.29, 0.717) is 12.2 Å². The predicted octanol–water partition coefficient (Wildman–Crippen LogP) is 4.18. The number of nitrogens with zero attached hydrogens (tertiary/aromatic N) is 4. The molecule has 0 saturated heterocycles. The number of hydrogen-bond acceptors (Lipinski definition) is 5. The number of allylic oxidation sites excluding steroid dienone is 3. The molecule has 156 valence electrons. The first-order valence-corrected chi connectivity index (χ1v) is 10.2. The maximum atomic E-state index is 12.6. The van der Waals surface area contributed by atoms with Crippen LogP contribution in [-0.4, -0.2) is 32.3 Å². The first kappa shape index (κ1) is 20.4. The van der Waals surface area contributed by atoms with Gasteiger partial charge in [-0.05, 0) is 67.7 Å². The molecule has 1 amide bonds. The summed E-state index contributed by atoms with van der Waals surface area (Å²) in [6, 6.07) is 7.77. The van der Waals surface area contributed by atoms with Gasteiger partial charge < -0.3 is 5.32 Å². The van der Waals surface area contributed by atoms with Crippen molar-refractivity contribution in [2.24, 2.45) is 4.99 Å². The highest BCUT2D eigenvalue weighted by molar-refractivity contribution is 5.93. The van der Waals surface area contributed by atoms with Crippen molar-refractivity contribution in [2.75, 3.05) is 0 Å². The fourth-order valence-electron chi connectivity index (χ4n) is 3.44. The largest absolute Gasteiger partial charge is 0.347 e. The number of nitrogens with one attached hydrogen (secondary N) is 2. The highest BCUT2D eigenvalue weighted by atomic mass is 16.1. The zero-order valence-corrected chi connectivity index (χ0v) is 17.6. The second-order valence-corrected chi connectivity index (χ2v) is 7.46. The van der Waals surface area contributed by atoms with Gasteiger partial charge >= 0.3 is 0 Å². The molecule has 3 aromatic rings. The van der Waals surface area contributed by atoms with Crippen LogP contribution in [0.1, 0.15) is 45.8 Å². The number of aryl methyl sites for hydroxylation is 2. The van der Waals surface area contributed by atoms with Crippen molar-refractivity contribution < 1.29 is 4.79 Å². The minimum absolute atomic E-state index is 0.208. The van der Waals surface area contributed by atoms with Gasteiger partial charge in [0.15, 0.2) is 0 Å². The molecular formula is C24H24N6O. The van der Waals surface area contributed by atoms with Crippen LogP contribution in [0.4, 0.5) is 0 Å². The average Bonchev–Trinajstić information content (AvgIpc) is 3.22. The highest BCUT2D eigenvalue weighted by Crippen LogP contribution is 2.22. The highest BCUT2D eigenvalue weighted by Gasteiger charge is 2.13. The van der Waals surface area contributed by atoms with E-state index >= 15 is 0 Å². The number of aliphatic imine (C=N–C) groups is 1. The first-order chi connectivity index (χ1) is 15.1. The summed E-state index contributed by atoms with van der Waals surface area (Å²) in [5, 5.41) is 10.0. The first-order valence-electron chi connectivity index (χ1n) is 10.2. The van der Waals surface area contributed by atoms with Crippen LogP contribution in [0.3, 0.4) is 0 Å². The van der Waals surface area contributed by atoms with Gasteiger partial charge in [-0.25, -0.2) is 0 Å². The number of aromatic amines is 1. The normalized spacial score (nSPS) is 17.2. The second kappa shape index (κ2) is 9.30. The molecule has 1 aliphatic heterocycles. The molecule has 0 bridgehead atoms. The van der Waals surface area contributed by atoms with Gasteiger partial charge in [-0.1, -0.05) is 12.1 Å². The van der Waals surface area contributed by atoms with Crippen LogP contribution in [0.5, 0.6) is 0 Å². The third-order valence-corrected chi connectivity index (χ3v) is 5.03. The molecule has 2 N–H and O–H groups in total. The Morgan fingerprint density at radius 2 is 2.10 bits per heavy atom. The van der Waals surface area contributed by atoms with Gasteiger partial charge in [-0.2, -0.15) is 5.10 Å². The van der Waals surface area contributed by atoms with E-state index in [1.165, 1.54) is 0 Å². The van der Waals surface area contributed by atoms with Crippen molar-refractivity contribution >= 4 is 17.7 Å². The van der Waals surface area contributed by atoms with Crippen LogP contribution in [0, 0.1) is 13.8 Å². The molecule has 0 aliphatic carbocycles. The molecule has 0 radical (unpaired) electrons. The predicted molar refractivity (Wildman–Crippen MR) is 122 cm³/mol. The average molecular weight is 412 g/mol. The van der Waals surface area contributed by atoms with E-state index in [4.69, 9.17) is 0 Å². The Morgan fingerprint density at radius 1 is 1.19 bits per heavy atom. The van der Waals surface area contributed by atoms with Crippen LogP contribution in [0.15, 0.2) is 60.0 Å². The summed E-state index contributed by atoms with van der Waals surface area (Å²) >= 11 is 0. The smallest absolute Gasteiger partial charge is 0.269 e. The zero-order chi connectivity index (χ0) is 21.6. The van der Waals surface area contributed by atoms with Gasteiger partial charge in [0.25, 0.3) is 5.91 Å². The van der Waals surface area contributed by atoms with E-state index in [1.807, 2.05) is 38.1 Å². The monoisotopic (exact) mass is 412 g/mol. The van der Waals surface area contributed by atoms with Crippen molar-refractivity contribution in [1.82, 2.24) is 25.5 Å². The van der Waals surface area contributed by atoms with Gasteiger partial charge in [-0.3, -0.25) is 24.9 Å². The maximum Gasteiger partial charge on any atom is 0.269 e. The van der Waals surface area contributed by atoms with Crippen molar-refractivity contribution in [3.05, 3.63) is 83.2 Å². The fourth-order valence-corrected chi connectivity index (χ4v) is 3.44. The van der Waals surface area contributed by atoms with E-state index in [1.54, 1.807) is 30.9 Å². The Hall–Kier alpha value is -3.87. The summed E-state index contributed by atoms with van der Waals surface area (Å²) in [4.78, 5) is 25.6. The Morgan fingerprint density at radius 3 is 2.94 bits per heavy atom. The quantitative estimate of drug-likeness (QED) is 0.657. The molecule has 0 atom stereocenters. The minimum atomic E-state index is -0.208. The Balaban J connectivity index is 1.41. The Bertz CT molecular complexity index is 1190. The van der Waals surface area contributed by atoms with Gasteiger partial charge in [0.1, 0.15) is 5.69 Å². The lowest BCUT2D eigenvalue weighted by Gasteiger charge is -2.09. The standard InChI is InChI=1S/C24H24N6O/c1-16-10-18(13-27-23(16)19-7-9-26-17(2)11-19)14-28-24(31)22-12-21(29-30-22)20-6-4-3-5-8-25-15-20/h3,5,7-13,15H,4,6,14H2,1-2H3,(H,28,31)(H,29,30)/b5-3-,20-15+,25-8+. The van der Waals surface area contributed by atoms with E-state index in [9.17, 15) is 4.79 Å². The number of carbonyl (C=O) groups excluding carboxylic acids is 1. The number of carbonyl (C=O) groups is 1. The van der Waals surface area contributed by atoms with Gasteiger partial charge in [-0.15, -0.1) is 0 Å². The van der Waals surface area contributed by atoms with Crippen LogP contribution >= 0.6 is 0 Å². The van der Waals surface area contributed by atoms with Crippen LogP contribution in [0.25, 0.3) is 16.8 Å². The summed E-state index contributed by atoms with van der Waals surface area (Å²) in [5.41, 5.74) is 7.05. The number of H-pyrrole nitrogens is 1. The third kappa shape index (κ3) is 5.01. The van der Waals surface area contributed by atoms with Crippen molar-refractivity contribution in [3.63, 3.8) is 0 Å². The van der Waals surface area contributed by atoms with Gasteiger partial charge in [0.05, 0.1) is 11.4 Å². The lowest BCUT2D eigenvalue weighted by atomic mass is 10.1. The summed E-state index contributed by atoms with van der Waals surface area (Å²) in [6.45, 7) is 4.36. The fraction of sp³-hybridized carbons (Fsp3) is 0.208. The minimum Gasteiger partial charge on any atom is -0.347 e. The number of rotatable bonds is 5. The van der Waals surface area contributed by atoms with E-state index in [0.717, 1.165) is 52.2 Å². The van der Waals surface area contributed by atoms with Gasteiger partial charge in [0.2, 0.25) is 0 Å². The number of hydrogen-bond donors (Lipinski definition) is 2. The molecule has 0 saturated carbocycles. The Labute approximate surface area is 181 Å². The van der Waals surface area contributed by atoms with Crippen LogP contribution in [-0.2, 0) is 6.54 Å². The maximum absolute atomic E-state index is 12.6. The third-order valence-electron chi connectivity index (χ3n) is 5.03. The molecule has 0 unspecified atom stereocenters. The van der Waals surface area contributed by atoms with E-state index < -0.39 is 0 Å². The number of amides is 1. The van der Waals surface area contributed by atoms with Crippen molar-refractivity contribution in [3.8, 4) is 11.3 Å². The number of pyridine rings is 2. The van der Waals surface area contributed by atoms with Gasteiger partial charge in [0, 0.05) is 42.6 Å². The molecule has 4 rings (SSSR count). The summed E-state index contributed by atoms with van der Waals surface area (Å²) in [5.74, 6) is -0.208. The summed E-state index contributed by atoms with van der Waals surface area (Å²) in [7, 11) is 0. The van der Waals surface area contributed by atoms with Crippen molar-refractivity contribution in [2.45, 2.75) is 33.2 Å². The topological polar surface area (TPSA) is 95.9 Å². The molecule has 0 spiro atoms. The molecular weight excluding hydrogens is 388 g/mol. The SMILES string of the molecule is Cc1cc(-c2ncc(CNC(=O)c3cc(/C4=C/N=C/C=C\CC4)n[nH]3)cc2C)ccn1. The van der Waals surface area contributed by atoms with E-state index in [2.05, 4.69) is 36.6 Å². The summed E-state index contributed by atoms with van der Waals surface area (Å²) < 4.78 is 0. The van der Waals surface area contributed by atoms with Crippen molar-refractivity contribution in [1.29, 1.82) is 0 Å². The molecule has 1 aliphatic rings. The molecule has 7 heteroatoms. The summed E-state index contributed by atoms with van der Waals surface area (Å²) in [6.07, 6.45) is 12.8. The molecule has 0 fully saturated rings. The lowest BCUT2D eigenvalue weighted by molar-refractivity contribution is 0.0946. The molecule has 4 heterocycles. The van der Waals surface area contributed by atoms with E-state index in [-0.39, 0.29) is 5.91 Å². The molecule has 3 aromatic heterocycles. The zero-order valence-electron chi connectivity index (χ0n) is 17.6. The van der Waals surface area contributed by atoms with Crippen LogP contribution in [0.2, 0.25) is 0 Å². The molecule has 7 nitrogen and oxygen atoms in total. The Kier molecular flexibility index (Phi) is 6.12. The number of aromatic nitrogens is 4.